The van der Waals surface area contributed by atoms with Crippen molar-refractivity contribution in [2.24, 2.45) is 0 Å². The number of ether oxygens (including phenoxy) is 3. The number of amides is 2. The van der Waals surface area contributed by atoms with Gasteiger partial charge in [-0.05, 0) is 41.5 Å². The van der Waals surface area contributed by atoms with E-state index in [9.17, 15) is 19.5 Å². The summed E-state index contributed by atoms with van der Waals surface area (Å²) in [6.07, 6.45) is -0.0986. The summed E-state index contributed by atoms with van der Waals surface area (Å²) in [5, 5.41) is 22.3. The molecule has 0 fully saturated rings. The molecule has 2 amide bonds. The molecule has 1 aromatic rings. The van der Waals surface area contributed by atoms with Gasteiger partial charge in [-0.3, -0.25) is 0 Å². The SMILES string of the molecule is COC(=O)C(Cn1cc(C(CO)NC(=O)OC(C)(C)C)nn1)NC(=O)OC(C)(C)C. The van der Waals surface area contributed by atoms with Gasteiger partial charge in [0, 0.05) is 0 Å². The molecular weight excluding hydrogens is 398 g/mol. The number of aliphatic hydroxyl groups is 1. The van der Waals surface area contributed by atoms with Gasteiger partial charge in [0.15, 0.2) is 0 Å². The molecule has 0 saturated carbocycles. The second-order valence-corrected chi connectivity index (χ2v) is 8.47. The predicted molar refractivity (Wildman–Crippen MR) is 104 cm³/mol. The Balaban J connectivity index is 2.85. The highest BCUT2D eigenvalue weighted by Crippen LogP contribution is 2.12. The molecule has 0 bridgehead atoms. The zero-order valence-electron chi connectivity index (χ0n) is 18.4. The van der Waals surface area contributed by atoms with Crippen molar-refractivity contribution in [3.63, 3.8) is 0 Å². The number of rotatable bonds is 7. The smallest absolute Gasteiger partial charge is 0.408 e. The van der Waals surface area contributed by atoms with Crippen LogP contribution in [-0.2, 0) is 25.5 Å². The van der Waals surface area contributed by atoms with Gasteiger partial charge in [-0.25, -0.2) is 19.1 Å². The fraction of sp³-hybridized carbons (Fsp3) is 0.722. The van der Waals surface area contributed by atoms with E-state index in [0.29, 0.717) is 0 Å². The maximum absolute atomic E-state index is 12.0. The van der Waals surface area contributed by atoms with Crippen LogP contribution in [0.25, 0.3) is 0 Å². The molecule has 170 valence electrons. The summed E-state index contributed by atoms with van der Waals surface area (Å²) in [5.41, 5.74) is -1.21. The normalized spacial score (nSPS) is 13.7. The first-order chi connectivity index (χ1) is 13.7. The number of aliphatic hydroxyl groups excluding tert-OH is 1. The van der Waals surface area contributed by atoms with Crippen LogP contribution in [-0.4, -0.2) is 69.2 Å². The van der Waals surface area contributed by atoms with Crippen molar-refractivity contribution >= 4 is 18.2 Å². The van der Waals surface area contributed by atoms with E-state index < -0.39 is 48.0 Å². The molecule has 0 aliphatic rings. The monoisotopic (exact) mass is 429 g/mol. The molecular formula is C18H31N5O7. The minimum Gasteiger partial charge on any atom is -0.467 e. The van der Waals surface area contributed by atoms with E-state index in [1.54, 1.807) is 41.5 Å². The zero-order chi connectivity index (χ0) is 23.1. The Kier molecular flexibility index (Phi) is 8.58. The average molecular weight is 429 g/mol. The van der Waals surface area contributed by atoms with Crippen molar-refractivity contribution in [2.45, 2.75) is 71.4 Å². The van der Waals surface area contributed by atoms with Crippen LogP contribution in [0, 0.1) is 0 Å². The maximum Gasteiger partial charge on any atom is 0.408 e. The molecule has 30 heavy (non-hydrogen) atoms. The third-order valence-electron chi connectivity index (χ3n) is 3.33. The number of nitrogens with zero attached hydrogens (tertiary/aromatic N) is 3. The Hall–Kier alpha value is -2.89. The summed E-state index contributed by atoms with van der Waals surface area (Å²) >= 11 is 0. The first-order valence-corrected chi connectivity index (χ1v) is 9.32. The van der Waals surface area contributed by atoms with E-state index in [0.717, 1.165) is 0 Å². The van der Waals surface area contributed by atoms with E-state index in [2.05, 4.69) is 20.9 Å². The minimum atomic E-state index is -1.09. The topological polar surface area (TPSA) is 154 Å². The van der Waals surface area contributed by atoms with Crippen LogP contribution in [0.3, 0.4) is 0 Å². The molecule has 0 aliphatic heterocycles. The van der Waals surface area contributed by atoms with Gasteiger partial charge >= 0.3 is 18.2 Å². The van der Waals surface area contributed by atoms with Crippen molar-refractivity contribution in [3.05, 3.63) is 11.9 Å². The zero-order valence-corrected chi connectivity index (χ0v) is 18.4. The largest absolute Gasteiger partial charge is 0.467 e. The molecule has 0 saturated heterocycles. The minimum absolute atomic E-state index is 0.108. The predicted octanol–water partition coefficient (Wildman–Crippen LogP) is 0.902. The van der Waals surface area contributed by atoms with Crippen LogP contribution in [0.2, 0.25) is 0 Å². The number of carbonyl (C=O) groups excluding carboxylic acids is 3. The Bertz CT molecular complexity index is 736. The van der Waals surface area contributed by atoms with Gasteiger partial charge in [0.1, 0.15) is 29.0 Å². The van der Waals surface area contributed by atoms with E-state index in [1.165, 1.54) is 18.0 Å². The number of aromatic nitrogens is 3. The molecule has 1 rings (SSSR count). The van der Waals surface area contributed by atoms with Gasteiger partial charge in [0.05, 0.1) is 26.5 Å². The molecule has 3 N–H and O–H groups in total. The lowest BCUT2D eigenvalue weighted by Crippen LogP contribution is -2.46. The quantitative estimate of drug-likeness (QED) is 0.423. The highest BCUT2D eigenvalue weighted by Gasteiger charge is 2.27. The van der Waals surface area contributed by atoms with Crippen LogP contribution in [0.15, 0.2) is 6.20 Å². The van der Waals surface area contributed by atoms with Crippen molar-refractivity contribution in [1.82, 2.24) is 25.6 Å². The number of carbonyl (C=O) groups is 3. The summed E-state index contributed by atoms with van der Waals surface area (Å²) in [4.78, 5) is 35.9. The van der Waals surface area contributed by atoms with Gasteiger partial charge in [-0.2, -0.15) is 0 Å². The molecule has 0 aliphatic carbocycles. The molecule has 12 nitrogen and oxygen atoms in total. The summed E-state index contributed by atoms with van der Waals surface area (Å²) in [5.74, 6) is -0.705. The van der Waals surface area contributed by atoms with E-state index in [4.69, 9.17) is 14.2 Å². The van der Waals surface area contributed by atoms with Crippen LogP contribution < -0.4 is 10.6 Å². The Morgan fingerprint density at radius 2 is 1.60 bits per heavy atom. The fourth-order valence-electron chi connectivity index (χ4n) is 2.18. The van der Waals surface area contributed by atoms with Gasteiger partial charge in [-0.15, -0.1) is 5.10 Å². The van der Waals surface area contributed by atoms with Gasteiger partial charge in [-0.1, -0.05) is 5.21 Å². The van der Waals surface area contributed by atoms with Crippen molar-refractivity contribution in [1.29, 1.82) is 0 Å². The lowest BCUT2D eigenvalue weighted by Gasteiger charge is -2.22. The molecule has 0 aromatic carbocycles. The lowest BCUT2D eigenvalue weighted by molar-refractivity contribution is -0.143. The van der Waals surface area contributed by atoms with Crippen LogP contribution in [0.5, 0.6) is 0 Å². The molecule has 2 atom stereocenters. The van der Waals surface area contributed by atoms with Crippen LogP contribution >= 0.6 is 0 Å². The Morgan fingerprint density at radius 1 is 1.07 bits per heavy atom. The molecule has 2 unspecified atom stereocenters. The highest BCUT2D eigenvalue weighted by molar-refractivity contribution is 5.81. The third kappa shape index (κ3) is 9.07. The first-order valence-electron chi connectivity index (χ1n) is 9.32. The highest BCUT2D eigenvalue weighted by atomic mass is 16.6. The maximum atomic E-state index is 12.0. The number of alkyl carbamates (subject to hydrolysis) is 2. The fourth-order valence-corrected chi connectivity index (χ4v) is 2.18. The Labute approximate surface area is 175 Å². The lowest BCUT2D eigenvalue weighted by atomic mass is 10.2. The van der Waals surface area contributed by atoms with Crippen molar-refractivity contribution in [2.75, 3.05) is 13.7 Å². The molecule has 12 heteroatoms. The van der Waals surface area contributed by atoms with Crippen molar-refractivity contribution in [3.8, 4) is 0 Å². The van der Waals surface area contributed by atoms with Crippen LogP contribution in [0.1, 0.15) is 53.3 Å². The number of hydrogen-bond acceptors (Lipinski definition) is 9. The first kappa shape index (κ1) is 25.1. The number of methoxy groups -OCH3 is 1. The Morgan fingerprint density at radius 3 is 2.07 bits per heavy atom. The van der Waals surface area contributed by atoms with E-state index in [1.807, 2.05) is 0 Å². The molecule has 0 spiro atoms. The summed E-state index contributed by atoms with van der Waals surface area (Å²) in [6, 6.07) is -1.96. The van der Waals surface area contributed by atoms with E-state index >= 15 is 0 Å². The summed E-state index contributed by atoms with van der Waals surface area (Å²) in [7, 11) is 1.19. The molecule has 1 heterocycles. The summed E-state index contributed by atoms with van der Waals surface area (Å²) in [6.45, 7) is 9.64. The van der Waals surface area contributed by atoms with Gasteiger partial charge in [0.2, 0.25) is 0 Å². The molecule has 1 aromatic heterocycles. The van der Waals surface area contributed by atoms with Crippen molar-refractivity contribution < 1.29 is 33.7 Å². The third-order valence-corrected chi connectivity index (χ3v) is 3.33. The number of esters is 1. The standard InChI is InChI=1S/C18H31N5O7/c1-17(2,3)29-15(26)19-12(14(25)28-7)9-23-8-11(21-22-23)13(10-24)20-16(27)30-18(4,5)6/h8,12-13,24H,9-10H2,1-7H3,(H,19,26)(H,20,27). The number of nitrogens with one attached hydrogen (secondary N) is 2. The number of hydrogen-bond donors (Lipinski definition) is 3. The second kappa shape index (κ2) is 10.2. The van der Waals surface area contributed by atoms with E-state index in [-0.39, 0.29) is 12.2 Å². The second-order valence-electron chi connectivity index (χ2n) is 8.47. The van der Waals surface area contributed by atoms with Gasteiger partial charge < -0.3 is 30.0 Å². The van der Waals surface area contributed by atoms with Gasteiger partial charge in [0.25, 0.3) is 0 Å². The molecule has 0 radical (unpaired) electrons. The summed E-state index contributed by atoms with van der Waals surface area (Å²) < 4.78 is 16.3. The van der Waals surface area contributed by atoms with Crippen LogP contribution in [0.4, 0.5) is 9.59 Å². The average Bonchev–Trinajstić information content (AvgIpc) is 3.03.